The predicted molar refractivity (Wildman–Crippen MR) is 83.4 cm³/mol. The summed E-state index contributed by atoms with van der Waals surface area (Å²) >= 11 is 0. The van der Waals surface area contributed by atoms with E-state index in [0.29, 0.717) is 17.9 Å². The van der Waals surface area contributed by atoms with Crippen LogP contribution in [0.1, 0.15) is 42.5 Å². The summed E-state index contributed by atoms with van der Waals surface area (Å²) in [6.45, 7) is 0. The minimum atomic E-state index is 0.183. The maximum atomic E-state index is 12.8. The molecule has 3 heterocycles. The Morgan fingerprint density at radius 3 is 2.76 bits per heavy atom. The molecule has 2 aromatic rings. The Morgan fingerprint density at radius 2 is 1.95 bits per heavy atom. The van der Waals surface area contributed by atoms with Gasteiger partial charge < -0.3 is 5.32 Å². The quantitative estimate of drug-likeness (QED) is 0.858. The number of hydrogen-bond donors (Lipinski definition) is 1. The lowest BCUT2D eigenvalue weighted by Gasteiger charge is -2.39. The highest BCUT2D eigenvalue weighted by Gasteiger charge is 2.34. The Labute approximate surface area is 124 Å². The number of carbonyl (C=O) groups excluding carboxylic acids is 1. The molecule has 3 heteroatoms. The number of fused-ring (bicyclic) bond motifs is 3. The predicted octanol–water partition coefficient (Wildman–Crippen LogP) is 3.34. The molecule has 2 bridgehead atoms. The third-order valence-corrected chi connectivity index (χ3v) is 4.98. The second-order valence-corrected chi connectivity index (χ2v) is 6.43. The van der Waals surface area contributed by atoms with Crippen LogP contribution in [0.5, 0.6) is 0 Å². The summed E-state index contributed by atoms with van der Waals surface area (Å²) in [4.78, 5) is 17.2. The van der Waals surface area contributed by atoms with Gasteiger partial charge in [-0.1, -0.05) is 24.6 Å². The van der Waals surface area contributed by atoms with Crippen molar-refractivity contribution in [3.05, 3.63) is 42.1 Å². The molecule has 1 N–H and O–H groups in total. The highest BCUT2D eigenvalue weighted by atomic mass is 16.1. The molecule has 2 fully saturated rings. The first-order chi connectivity index (χ1) is 10.3. The topological polar surface area (TPSA) is 42.0 Å². The third-order valence-electron chi connectivity index (χ3n) is 4.98. The smallest absolute Gasteiger partial charge is 0.166 e. The zero-order chi connectivity index (χ0) is 14.2. The fraction of sp³-hybridized carbons (Fsp3) is 0.444. The highest BCUT2D eigenvalue weighted by molar-refractivity contribution is 6.00. The number of nitrogens with zero attached hydrogens (tertiary/aromatic N) is 1. The van der Waals surface area contributed by atoms with E-state index in [1.165, 1.54) is 19.3 Å². The van der Waals surface area contributed by atoms with Crippen molar-refractivity contribution >= 4 is 16.7 Å². The van der Waals surface area contributed by atoms with E-state index in [-0.39, 0.29) is 5.92 Å². The molecule has 2 aliphatic heterocycles. The van der Waals surface area contributed by atoms with Gasteiger partial charge in [0.25, 0.3) is 0 Å². The number of nitrogens with one attached hydrogen (secondary N) is 1. The third kappa shape index (κ3) is 2.46. The number of Topliss-reactive ketones (excluding diaryl/α,β-unsaturated/α-hetero) is 1. The van der Waals surface area contributed by atoms with Crippen LogP contribution in [0.2, 0.25) is 0 Å². The van der Waals surface area contributed by atoms with E-state index in [1.54, 1.807) is 6.20 Å². The van der Waals surface area contributed by atoms with E-state index in [0.717, 1.165) is 29.3 Å². The maximum absolute atomic E-state index is 12.8. The summed E-state index contributed by atoms with van der Waals surface area (Å²) in [5, 5.41) is 4.75. The zero-order valence-electron chi connectivity index (χ0n) is 12.1. The van der Waals surface area contributed by atoms with Gasteiger partial charge in [0.2, 0.25) is 0 Å². The minimum absolute atomic E-state index is 0.183. The fourth-order valence-corrected chi connectivity index (χ4v) is 3.94. The van der Waals surface area contributed by atoms with Crippen molar-refractivity contribution < 1.29 is 4.79 Å². The molecule has 2 atom stereocenters. The number of carbonyl (C=O) groups is 1. The lowest BCUT2D eigenvalue weighted by molar-refractivity contribution is 0.0825. The molecule has 21 heavy (non-hydrogen) atoms. The SMILES string of the molecule is O=C(c1ccc2cccnc2c1)C1CC2CCCC(C1)N2. The first-order valence-corrected chi connectivity index (χ1v) is 7.94. The van der Waals surface area contributed by atoms with Crippen LogP contribution < -0.4 is 5.32 Å². The molecule has 2 unspecified atom stereocenters. The number of ketones is 1. The summed E-state index contributed by atoms with van der Waals surface area (Å²) in [6, 6.07) is 11.0. The minimum Gasteiger partial charge on any atom is -0.311 e. The van der Waals surface area contributed by atoms with Crippen LogP contribution in [0, 0.1) is 5.92 Å². The van der Waals surface area contributed by atoms with Crippen LogP contribution in [-0.4, -0.2) is 22.9 Å². The van der Waals surface area contributed by atoms with Gasteiger partial charge in [0, 0.05) is 35.1 Å². The van der Waals surface area contributed by atoms with Crippen LogP contribution in [0.3, 0.4) is 0 Å². The Balaban J connectivity index is 1.60. The Morgan fingerprint density at radius 1 is 1.14 bits per heavy atom. The summed E-state index contributed by atoms with van der Waals surface area (Å²) in [5.41, 5.74) is 1.74. The average Bonchev–Trinajstić information content (AvgIpc) is 2.53. The number of benzene rings is 1. The summed E-state index contributed by atoms with van der Waals surface area (Å²) in [7, 11) is 0. The van der Waals surface area contributed by atoms with Crippen molar-refractivity contribution in [3.8, 4) is 0 Å². The van der Waals surface area contributed by atoms with E-state index < -0.39 is 0 Å². The molecule has 0 saturated carbocycles. The summed E-state index contributed by atoms with van der Waals surface area (Å²) < 4.78 is 0. The van der Waals surface area contributed by atoms with Crippen molar-refractivity contribution in [2.45, 2.75) is 44.2 Å². The van der Waals surface area contributed by atoms with E-state index in [4.69, 9.17) is 0 Å². The van der Waals surface area contributed by atoms with Crippen LogP contribution in [0.25, 0.3) is 10.9 Å². The van der Waals surface area contributed by atoms with Crippen LogP contribution in [0.4, 0.5) is 0 Å². The number of hydrogen-bond acceptors (Lipinski definition) is 3. The van der Waals surface area contributed by atoms with Crippen molar-refractivity contribution in [2.75, 3.05) is 0 Å². The van der Waals surface area contributed by atoms with E-state index in [9.17, 15) is 4.79 Å². The first kappa shape index (κ1) is 13.0. The molecule has 0 amide bonds. The van der Waals surface area contributed by atoms with Crippen LogP contribution in [0.15, 0.2) is 36.5 Å². The average molecular weight is 280 g/mol. The van der Waals surface area contributed by atoms with Crippen molar-refractivity contribution in [2.24, 2.45) is 5.92 Å². The molecular weight excluding hydrogens is 260 g/mol. The Kier molecular flexibility index (Phi) is 3.23. The van der Waals surface area contributed by atoms with Crippen LogP contribution >= 0.6 is 0 Å². The molecule has 3 nitrogen and oxygen atoms in total. The second kappa shape index (κ2) is 5.23. The van der Waals surface area contributed by atoms with E-state index in [1.807, 2.05) is 30.3 Å². The van der Waals surface area contributed by atoms with Gasteiger partial charge in [-0.2, -0.15) is 0 Å². The Bertz CT molecular complexity index is 670. The molecule has 1 aromatic heterocycles. The molecule has 2 aliphatic rings. The maximum Gasteiger partial charge on any atom is 0.166 e. The van der Waals surface area contributed by atoms with E-state index in [2.05, 4.69) is 10.3 Å². The molecule has 4 rings (SSSR count). The molecular formula is C18H20N2O. The molecule has 0 spiro atoms. The fourth-order valence-electron chi connectivity index (χ4n) is 3.94. The molecule has 2 saturated heterocycles. The summed E-state index contributed by atoms with van der Waals surface area (Å²) in [5.74, 6) is 0.490. The van der Waals surface area contributed by atoms with Crippen molar-refractivity contribution in [1.82, 2.24) is 10.3 Å². The summed E-state index contributed by atoms with van der Waals surface area (Å²) in [6.07, 6.45) is 7.53. The Hall–Kier alpha value is -1.74. The molecule has 108 valence electrons. The van der Waals surface area contributed by atoms with Gasteiger partial charge in [0.05, 0.1) is 5.52 Å². The number of piperidine rings is 2. The van der Waals surface area contributed by atoms with Gasteiger partial charge in [-0.05, 0) is 37.8 Å². The molecule has 1 aromatic carbocycles. The van der Waals surface area contributed by atoms with Gasteiger partial charge in [-0.25, -0.2) is 0 Å². The number of aromatic nitrogens is 1. The van der Waals surface area contributed by atoms with Crippen molar-refractivity contribution in [3.63, 3.8) is 0 Å². The standard InChI is InChI=1S/C18H20N2O/c21-18(14-9-15-4-1-5-16(10-14)20-15)13-7-6-12-3-2-8-19-17(12)11-13/h2-3,6-8,11,14-16,20H,1,4-5,9-10H2. The van der Waals surface area contributed by atoms with Gasteiger partial charge in [0.15, 0.2) is 5.78 Å². The number of pyridine rings is 1. The van der Waals surface area contributed by atoms with Gasteiger partial charge in [0.1, 0.15) is 0 Å². The van der Waals surface area contributed by atoms with Gasteiger partial charge in [-0.3, -0.25) is 9.78 Å². The monoisotopic (exact) mass is 280 g/mol. The van der Waals surface area contributed by atoms with Crippen molar-refractivity contribution in [1.29, 1.82) is 0 Å². The lowest BCUT2D eigenvalue weighted by Crippen LogP contribution is -2.50. The molecule has 0 aliphatic carbocycles. The highest BCUT2D eigenvalue weighted by Crippen LogP contribution is 2.32. The number of rotatable bonds is 2. The van der Waals surface area contributed by atoms with Crippen LogP contribution in [-0.2, 0) is 0 Å². The van der Waals surface area contributed by atoms with Gasteiger partial charge >= 0.3 is 0 Å². The zero-order valence-corrected chi connectivity index (χ0v) is 12.1. The normalized spacial score (nSPS) is 28.5. The van der Waals surface area contributed by atoms with E-state index >= 15 is 0 Å². The lowest BCUT2D eigenvalue weighted by atomic mass is 9.77. The van der Waals surface area contributed by atoms with Gasteiger partial charge in [-0.15, -0.1) is 0 Å². The molecule has 0 radical (unpaired) electrons. The first-order valence-electron chi connectivity index (χ1n) is 7.94. The largest absolute Gasteiger partial charge is 0.311 e. The second-order valence-electron chi connectivity index (χ2n) is 6.43.